The maximum atomic E-state index is 13.1. The van der Waals surface area contributed by atoms with Crippen molar-refractivity contribution in [1.29, 1.82) is 0 Å². The second kappa shape index (κ2) is 8.36. The topological polar surface area (TPSA) is 51.0 Å². The zero-order valence-electron chi connectivity index (χ0n) is 17.9. The Bertz CT molecular complexity index is 1190. The van der Waals surface area contributed by atoms with Gasteiger partial charge in [-0.05, 0) is 57.5 Å². The predicted molar refractivity (Wildman–Crippen MR) is 125 cm³/mol. The predicted octanol–water partition coefficient (Wildman–Crippen LogP) is 5.05. The number of hydrogen-bond acceptors (Lipinski definition) is 5. The van der Waals surface area contributed by atoms with E-state index in [0.717, 1.165) is 52.5 Å². The molecule has 31 heavy (non-hydrogen) atoms. The number of aromatic nitrogens is 3. The lowest BCUT2D eigenvalue weighted by atomic mass is 10.1. The second-order valence-electron chi connectivity index (χ2n) is 8.26. The molecule has 0 saturated carbocycles. The van der Waals surface area contributed by atoms with Gasteiger partial charge in [0.15, 0.2) is 5.78 Å². The first-order valence-corrected chi connectivity index (χ1v) is 11.6. The molecule has 0 N–H and O–H groups in total. The molecule has 2 aromatic heterocycles. The van der Waals surface area contributed by atoms with Gasteiger partial charge in [-0.2, -0.15) is 5.10 Å². The van der Waals surface area contributed by atoms with Crippen LogP contribution in [0.1, 0.15) is 40.8 Å². The van der Waals surface area contributed by atoms with Crippen molar-refractivity contribution in [2.24, 2.45) is 0 Å². The van der Waals surface area contributed by atoms with Crippen molar-refractivity contribution in [3.63, 3.8) is 0 Å². The molecule has 6 heteroatoms. The molecule has 0 spiro atoms. The Morgan fingerprint density at radius 1 is 1.10 bits per heavy atom. The van der Waals surface area contributed by atoms with Crippen molar-refractivity contribution in [2.45, 2.75) is 39.2 Å². The number of carbonyl (C=O) groups is 1. The molecule has 4 aromatic rings. The van der Waals surface area contributed by atoms with Gasteiger partial charge < -0.3 is 0 Å². The fourth-order valence-electron chi connectivity index (χ4n) is 4.56. The van der Waals surface area contributed by atoms with Crippen LogP contribution in [0.25, 0.3) is 15.9 Å². The number of ketones is 1. The lowest BCUT2D eigenvalue weighted by molar-refractivity contribution is -0.119. The highest BCUT2D eigenvalue weighted by Crippen LogP contribution is 2.36. The summed E-state index contributed by atoms with van der Waals surface area (Å²) in [5.74, 6) is 0.242. The fraction of sp³-hybridized carbons (Fsp3) is 0.320. The van der Waals surface area contributed by atoms with Gasteiger partial charge in [-0.25, -0.2) is 9.67 Å². The third kappa shape index (κ3) is 3.93. The van der Waals surface area contributed by atoms with E-state index in [1.807, 2.05) is 48.0 Å². The zero-order valence-corrected chi connectivity index (χ0v) is 18.7. The van der Waals surface area contributed by atoms with Gasteiger partial charge in [-0.3, -0.25) is 9.69 Å². The van der Waals surface area contributed by atoms with Gasteiger partial charge in [-0.1, -0.05) is 30.3 Å². The largest absolute Gasteiger partial charge is 0.298 e. The smallest absolute Gasteiger partial charge is 0.151 e. The molecule has 1 atom stereocenters. The normalized spacial score (nSPS) is 16.9. The van der Waals surface area contributed by atoms with E-state index in [1.165, 1.54) is 4.70 Å². The maximum Gasteiger partial charge on any atom is 0.151 e. The number of nitrogens with zero attached hydrogens (tertiary/aromatic N) is 4. The number of rotatable bonds is 6. The van der Waals surface area contributed by atoms with Gasteiger partial charge >= 0.3 is 0 Å². The lowest BCUT2D eigenvalue weighted by Gasteiger charge is -2.21. The first-order valence-electron chi connectivity index (χ1n) is 10.8. The third-order valence-corrected chi connectivity index (χ3v) is 7.29. The van der Waals surface area contributed by atoms with Crippen LogP contribution in [-0.2, 0) is 11.2 Å². The summed E-state index contributed by atoms with van der Waals surface area (Å²) >= 11 is 1.76. The van der Waals surface area contributed by atoms with E-state index in [4.69, 9.17) is 10.1 Å². The highest BCUT2D eigenvalue weighted by molar-refractivity contribution is 7.18. The fourth-order valence-corrected chi connectivity index (χ4v) is 5.70. The van der Waals surface area contributed by atoms with Crippen LogP contribution in [0.15, 0.2) is 54.6 Å². The Balaban J connectivity index is 1.32. The van der Waals surface area contributed by atoms with Crippen molar-refractivity contribution in [3.05, 3.63) is 76.6 Å². The van der Waals surface area contributed by atoms with Crippen molar-refractivity contribution in [3.8, 4) is 5.69 Å². The maximum absolute atomic E-state index is 13.1. The summed E-state index contributed by atoms with van der Waals surface area (Å²) in [5.41, 5.74) is 5.10. The average molecular weight is 431 g/mol. The van der Waals surface area contributed by atoms with Crippen LogP contribution in [0.4, 0.5) is 0 Å². The summed E-state index contributed by atoms with van der Waals surface area (Å²) in [4.78, 5) is 20.2. The molecule has 5 rings (SSSR count). The van der Waals surface area contributed by atoms with Gasteiger partial charge in [0, 0.05) is 17.7 Å². The molecule has 0 bridgehead atoms. The highest BCUT2D eigenvalue weighted by Gasteiger charge is 2.30. The van der Waals surface area contributed by atoms with E-state index in [0.29, 0.717) is 13.0 Å². The molecular weight excluding hydrogens is 404 g/mol. The molecule has 158 valence electrons. The number of thiazole rings is 1. The van der Waals surface area contributed by atoms with Crippen LogP contribution in [0.5, 0.6) is 0 Å². The summed E-state index contributed by atoms with van der Waals surface area (Å²) in [5, 5.41) is 5.83. The number of carbonyl (C=O) groups excluding carboxylic acids is 1. The molecule has 1 aliphatic rings. The molecule has 5 nitrogen and oxygen atoms in total. The molecule has 1 saturated heterocycles. The third-order valence-electron chi connectivity index (χ3n) is 6.15. The lowest BCUT2D eigenvalue weighted by Crippen LogP contribution is -2.30. The first-order chi connectivity index (χ1) is 15.1. The van der Waals surface area contributed by atoms with E-state index in [-0.39, 0.29) is 11.8 Å². The number of aryl methyl sites for hydroxylation is 1. The summed E-state index contributed by atoms with van der Waals surface area (Å²) in [6.07, 6.45) is 2.60. The summed E-state index contributed by atoms with van der Waals surface area (Å²) in [6, 6.07) is 18.6. The minimum atomic E-state index is 0.242. The van der Waals surface area contributed by atoms with Gasteiger partial charge in [-0.15, -0.1) is 11.3 Å². The van der Waals surface area contributed by atoms with Crippen molar-refractivity contribution >= 4 is 27.3 Å². The van der Waals surface area contributed by atoms with Crippen LogP contribution in [0.2, 0.25) is 0 Å². The first kappa shape index (κ1) is 20.1. The number of Topliss-reactive ketones (excluding diaryl/α,β-unsaturated/α-hetero) is 1. The Kier molecular flexibility index (Phi) is 5.42. The molecule has 0 radical (unpaired) electrons. The van der Waals surface area contributed by atoms with Crippen LogP contribution in [-0.4, -0.2) is 38.5 Å². The van der Waals surface area contributed by atoms with E-state index in [1.54, 1.807) is 11.3 Å². The number of fused-ring (bicyclic) bond motifs is 1. The molecule has 3 heterocycles. The molecule has 1 fully saturated rings. The number of hydrogen-bond donors (Lipinski definition) is 0. The number of likely N-dealkylation sites (tertiary alicyclic amines) is 1. The Labute approximate surface area is 186 Å². The zero-order chi connectivity index (χ0) is 21.4. The Morgan fingerprint density at radius 2 is 1.87 bits per heavy atom. The Hall–Kier alpha value is -2.83. The summed E-state index contributed by atoms with van der Waals surface area (Å²) in [7, 11) is 0. The van der Waals surface area contributed by atoms with Crippen LogP contribution < -0.4 is 0 Å². The SMILES string of the molecule is Cc1nn(-c2ccccc2)c(C)c1CC(=O)CN1CCCC1c1nc2ccccc2s1. The minimum Gasteiger partial charge on any atom is -0.298 e. The molecular formula is C25H26N4OS. The molecule has 0 amide bonds. The molecule has 2 aromatic carbocycles. The standard InChI is InChI=1S/C25H26N4OS/c1-17-21(18(2)29(27-17)19-9-4-3-5-10-19)15-20(30)16-28-14-8-12-23(28)25-26-22-11-6-7-13-24(22)31-25/h3-7,9-11,13,23H,8,12,14-16H2,1-2H3. The molecule has 0 aliphatic carbocycles. The Morgan fingerprint density at radius 3 is 2.68 bits per heavy atom. The minimum absolute atomic E-state index is 0.242. The number of para-hydroxylation sites is 2. The van der Waals surface area contributed by atoms with Gasteiger partial charge in [0.05, 0.1) is 34.2 Å². The van der Waals surface area contributed by atoms with Gasteiger partial charge in [0.1, 0.15) is 5.01 Å². The van der Waals surface area contributed by atoms with E-state index >= 15 is 0 Å². The van der Waals surface area contributed by atoms with Crippen LogP contribution in [0.3, 0.4) is 0 Å². The van der Waals surface area contributed by atoms with Crippen molar-refractivity contribution < 1.29 is 4.79 Å². The average Bonchev–Trinajstić information content (AvgIpc) is 3.48. The van der Waals surface area contributed by atoms with Crippen molar-refractivity contribution in [2.75, 3.05) is 13.1 Å². The van der Waals surface area contributed by atoms with Crippen LogP contribution in [0, 0.1) is 13.8 Å². The van der Waals surface area contributed by atoms with E-state index < -0.39 is 0 Å². The van der Waals surface area contributed by atoms with Crippen LogP contribution >= 0.6 is 11.3 Å². The summed E-state index contributed by atoms with van der Waals surface area (Å²) < 4.78 is 3.16. The molecule has 1 aliphatic heterocycles. The van der Waals surface area contributed by atoms with E-state index in [9.17, 15) is 4.79 Å². The monoisotopic (exact) mass is 430 g/mol. The van der Waals surface area contributed by atoms with Gasteiger partial charge in [0.2, 0.25) is 0 Å². The van der Waals surface area contributed by atoms with Crippen molar-refractivity contribution in [1.82, 2.24) is 19.7 Å². The molecule has 1 unspecified atom stereocenters. The van der Waals surface area contributed by atoms with E-state index in [2.05, 4.69) is 30.0 Å². The highest BCUT2D eigenvalue weighted by atomic mass is 32.1. The second-order valence-corrected chi connectivity index (χ2v) is 9.32. The number of benzene rings is 2. The summed E-state index contributed by atoms with van der Waals surface area (Å²) in [6.45, 7) is 5.47. The quantitative estimate of drug-likeness (QED) is 0.430. The van der Waals surface area contributed by atoms with Gasteiger partial charge in [0.25, 0.3) is 0 Å².